The molecule has 2 atom stereocenters. The number of carboxylic acid groups (broad SMARTS) is 1. The van der Waals surface area contributed by atoms with Gasteiger partial charge in [0.2, 0.25) is 5.91 Å². The van der Waals surface area contributed by atoms with Crippen molar-refractivity contribution < 1.29 is 53.7 Å². The van der Waals surface area contributed by atoms with Gasteiger partial charge in [-0.3, -0.25) is 24.1 Å². The van der Waals surface area contributed by atoms with Gasteiger partial charge < -0.3 is 36.4 Å². The van der Waals surface area contributed by atoms with Crippen molar-refractivity contribution >= 4 is 82.0 Å². The summed E-state index contributed by atoms with van der Waals surface area (Å²) in [6, 6.07) is 2.94. The molecule has 5 amide bonds. The fraction of sp³-hybridized carbons (Fsp3) is 0.250. The highest BCUT2D eigenvalue weighted by atomic mass is 35.5. The highest BCUT2D eigenvalue weighted by Gasteiger charge is 2.52. The SMILES string of the molecule is CN(C(=O)OCC1C(=O)N2C(C(=O)O)=CCS[C@@H]12)N(NC(=O)CON=C(C(N)=O)c1csc(N)n1)C(=O)c1ccc(O)c(O)c1.Cl. The van der Waals surface area contributed by atoms with Crippen molar-refractivity contribution in [2.45, 2.75) is 5.37 Å². The standard InChI is InChI=1S/C24H24N8O11S2.ClH/c1-30(24(41)42-7-11-20(38)31-13(22(39)40)4-5-44-21(11)31)32(19(37)10-2-3-14(33)15(34)6-10)28-16(35)8-43-29-17(18(25)36)12-9-45-23(26)27-12;/h2-4,6,9,11,21,33-34H,5,7-8H2,1H3,(H2,25,36)(H2,26,27)(H,28,35)(H,39,40);1H/t11?,21-;/m0./s1. The number of ether oxygens (including phenoxy) is 1. The molecule has 0 spiro atoms. The van der Waals surface area contributed by atoms with E-state index in [2.05, 4.69) is 15.6 Å². The van der Waals surface area contributed by atoms with Crippen LogP contribution >= 0.6 is 35.5 Å². The van der Waals surface area contributed by atoms with Crippen LogP contribution < -0.4 is 16.9 Å². The number of nitrogen functional groups attached to an aromatic ring is 1. The van der Waals surface area contributed by atoms with Crippen LogP contribution in [0.25, 0.3) is 0 Å². The number of halogens is 1. The van der Waals surface area contributed by atoms with Crippen LogP contribution in [0.3, 0.4) is 0 Å². The Morgan fingerprint density at radius 1 is 1.22 bits per heavy atom. The van der Waals surface area contributed by atoms with Crippen molar-refractivity contribution in [3.63, 3.8) is 0 Å². The highest BCUT2D eigenvalue weighted by Crippen LogP contribution is 2.41. The van der Waals surface area contributed by atoms with E-state index in [1.54, 1.807) is 0 Å². The Bertz CT molecular complexity index is 1630. The van der Waals surface area contributed by atoms with Crippen LogP contribution in [0.15, 0.2) is 40.5 Å². The first-order chi connectivity index (χ1) is 21.3. The normalized spacial score (nSPS) is 16.9. The van der Waals surface area contributed by atoms with E-state index < -0.39 is 77.4 Å². The van der Waals surface area contributed by atoms with E-state index in [1.165, 1.54) is 23.2 Å². The number of aromatic hydroxyl groups is 2. The summed E-state index contributed by atoms with van der Waals surface area (Å²) in [5.74, 6) is -6.84. The van der Waals surface area contributed by atoms with Crippen molar-refractivity contribution in [3.05, 3.63) is 46.6 Å². The van der Waals surface area contributed by atoms with Gasteiger partial charge in [0.15, 0.2) is 28.9 Å². The third kappa shape index (κ3) is 7.50. The number of amides is 5. The van der Waals surface area contributed by atoms with Crippen molar-refractivity contribution in [1.82, 2.24) is 25.4 Å². The third-order valence-corrected chi connectivity index (χ3v) is 8.03. The molecular weight excluding hydrogens is 676 g/mol. The van der Waals surface area contributed by atoms with Gasteiger partial charge in [0.25, 0.3) is 17.7 Å². The predicted octanol–water partition coefficient (Wildman–Crippen LogP) is -0.579. The van der Waals surface area contributed by atoms with E-state index in [0.717, 1.165) is 41.5 Å². The lowest BCUT2D eigenvalue weighted by atomic mass is 9.97. The number of carbonyl (C=O) groups excluding carboxylic acids is 5. The number of nitrogens with two attached hydrogens (primary N) is 2. The molecule has 4 rings (SSSR count). The molecule has 1 aromatic carbocycles. The smallest absolute Gasteiger partial charge is 0.430 e. The fourth-order valence-electron chi connectivity index (χ4n) is 3.94. The maximum Gasteiger partial charge on any atom is 0.430 e. The van der Waals surface area contributed by atoms with Gasteiger partial charge >= 0.3 is 12.1 Å². The Labute approximate surface area is 272 Å². The van der Waals surface area contributed by atoms with Crippen LogP contribution in [0.4, 0.5) is 9.93 Å². The van der Waals surface area contributed by atoms with Crippen molar-refractivity contribution in [3.8, 4) is 11.5 Å². The second-order valence-electron chi connectivity index (χ2n) is 9.04. The van der Waals surface area contributed by atoms with Gasteiger partial charge in [0.1, 0.15) is 23.9 Å². The summed E-state index contributed by atoms with van der Waals surface area (Å²) in [6.07, 6.45) is 0.173. The number of primary amides is 1. The molecule has 2 aromatic rings. The average Bonchev–Trinajstić information content (AvgIpc) is 3.43. The number of thioether (sulfide) groups is 1. The van der Waals surface area contributed by atoms with E-state index in [4.69, 9.17) is 21.0 Å². The van der Waals surface area contributed by atoms with Crippen LogP contribution in [0, 0.1) is 5.92 Å². The lowest BCUT2D eigenvalue weighted by Crippen LogP contribution is -2.62. The van der Waals surface area contributed by atoms with E-state index in [1.807, 2.05) is 0 Å². The molecule has 46 heavy (non-hydrogen) atoms. The molecule has 22 heteroatoms. The van der Waals surface area contributed by atoms with Gasteiger partial charge in [-0.2, -0.15) is 5.01 Å². The number of thiazole rings is 1. The number of aliphatic carboxylic acids is 1. The van der Waals surface area contributed by atoms with Crippen LogP contribution in [-0.2, 0) is 28.8 Å². The first-order valence-corrected chi connectivity index (χ1v) is 14.4. The third-order valence-electron chi connectivity index (χ3n) is 6.12. The molecule has 2 aliphatic rings. The average molecular weight is 701 g/mol. The zero-order valence-corrected chi connectivity index (χ0v) is 25.8. The number of nitrogens with zero attached hydrogens (tertiary/aromatic N) is 5. The Balaban J connectivity index is 0.00000576. The number of oxime groups is 1. The predicted molar refractivity (Wildman–Crippen MR) is 161 cm³/mol. The molecule has 3 heterocycles. The second kappa shape index (κ2) is 14.7. The molecule has 1 saturated heterocycles. The molecule has 8 N–H and O–H groups in total. The van der Waals surface area contributed by atoms with Gasteiger partial charge in [-0.05, 0) is 24.3 Å². The topological polar surface area (TPSA) is 281 Å². The summed E-state index contributed by atoms with van der Waals surface area (Å²) >= 11 is 2.26. The summed E-state index contributed by atoms with van der Waals surface area (Å²) in [5.41, 5.74) is 12.0. The zero-order valence-electron chi connectivity index (χ0n) is 23.4. The molecular formula is C24H25ClN8O11S2. The largest absolute Gasteiger partial charge is 0.504 e. The van der Waals surface area contributed by atoms with Crippen molar-refractivity contribution in [2.75, 3.05) is 31.7 Å². The van der Waals surface area contributed by atoms with Gasteiger partial charge in [-0.25, -0.2) is 20.0 Å². The monoisotopic (exact) mass is 700 g/mol. The van der Waals surface area contributed by atoms with Gasteiger partial charge in [-0.1, -0.05) is 5.16 Å². The first-order valence-electron chi connectivity index (χ1n) is 12.5. The minimum atomic E-state index is -1.28. The van der Waals surface area contributed by atoms with E-state index in [0.29, 0.717) is 15.9 Å². The van der Waals surface area contributed by atoms with E-state index >= 15 is 0 Å². The molecule has 1 aromatic heterocycles. The van der Waals surface area contributed by atoms with E-state index in [9.17, 15) is 44.1 Å². The van der Waals surface area contributed by atoms with E-state index in [-0.39, 0.29) is 34.5 Å². The molecule has 19 nitrogen and oxygen atoms in total. The quantitative estimate of drug-likeness (QED) is 0.0826. The maximum atomic E-state index is 13.3. The Morgan fingerprint density at radius 3 is 2.54 bits per heavy atom. The lowest BCUT2D eigenvalue weighted by Gasteiger charge is -2.48. The molecule has 0 bridgehead atoms. The minimum Gasteiger partial charge on any atom is -0.504 e. The molecule has 1 unspecified atom stereocenters. The number of benzene rings is 1. The Morgan fingerprint density at radius 2 is 1.93 bits per heavy atom. The summed E-state index contributed by atoms with van der Waals surface area (Å²) < 4.78 is 5.21. The number of aromatic nitrogens is 1. The molecule has 246 valence electrons. The number of hydrogen-bond donors (Lipinski definition) is 6. The number of hydrazine groups is 2. The molecule has 0 radical (unpaired) electrons. The summed E-state index contributed by atoms with van der Waals surface area (Å²) in [6.45, 7) is -1.39. The number of phenols is 2. The molecule has 0 saturated carbocycles. The minimum absolute atomic E-state index is 0. The van der Waals surface area contributed by atoms with Crippen molar-refractivity contribution in [1.29, 1.82) is 0 Å². The molecule has 1 fully saturated rings. The fourth-order valence-corrected chi connectivity index (χ4v) is 5.73. The number of nitrogens with one attached hydrogen (secondary N) is 1. The summed E-state index contributed by atoms with van der Waals surface area (Å²) in [7, 11) is 1.03. The summed E-state index contributed by atoms with van der Waals surface area (Å²) in [5, 5.41) is 34.1. The number of fused-ring (bicyclic) bond motifs is 1. The number of β-lactam (4-membered cyclic amide) rings is 1. The maximum absolute atomic E-state index is 13.3. The zero-order chi connectivity index (χ0) is 33.0. The van der Waals surface area contributed by atoms with Gasteiger partial charge in [0, 0.05) is 23.7 Å². The summed E-state index contributed by atoms with van der Waals surface area (Å²) in [4.78, 5) is 84.5. The van der Waals surface area contributed by atoms with Crippen LogP contribution in [0.5, 0.6) is 11.5 Å². The Hall–Kier alpha value is -5.28. The number of rotatable bonds is 9. The van der Waals surface area contributed by atoms with Crippen molar-refractivity contribution in [2.24, 2.45) is 16.8 Å². The number of carbonyl (C=O) groups is 6. The second-order valence-corrected chi connectivity index (χ2v) is 11.1. The lowest BCUT2D eigenvalue weighted by molar-refractivity contribution is -0.154. The van der Waals surface area contributed by atoms with Gasteiger partial charge in [0.05, 0.1) is 5.37 Å². The molecule has 0 aliphatic carbocycles. The highest BCUT2D eigenvalue weighted by molar-refractivity contribution is 8.00. The number of phenolic OH excluding ortho intramolecular Hbond substituents is 2. The van der Waals surface area contributed by atoms with Crippen LogP contribution in [0.2, 0.25) is 0 Å². The van der Waals surface area contributed by atoms with Crippen LogP contribution in [-0.4, -0.2) is 108 Å². The number of anilines is 1. The number of carboxylic acids is 1. The van der Waals surface area contributed by atoms with Crippen LogP contribution in [0.1, 0.15) is 16.1 Å². The van der Waals surface area contributed by atoms with Gasteiger partial charge in [-0.15, -0.1) is 40.6 Å². The first kappa shape index (κ1) is 35.2. The number of hydrogen-bond acceptors (Lipinski definition) is 15. The Kier molecular flexibility index (Phi) is 11.2. The molecule has 2 aliphatic heterocycles.